The maximum Gasteiger partial charge on any atom is 0.226 e. The summed E-state index contributed by atoms with van der Waals surface area (Å²) in [6.45, 7) is 3.09. The van der Waals surface area contributed by atoms with Gasteiger partial charge in [-0.2, -0.15) is 0 Å². The fraction of sp³-hybridized carbons (Fsp3) is 0.174. The molecular formula is C23H22N4O2. The van der Waals surface area contributed by atoms with Crippen LogP contribution < -0.4 is 5.32 Å². The van der Waals surface area contributed by atoms with Crippen LogP contribution in [-0.2, 0) is 24.3 Å². The first-order chi connectivity index (χ1) is 14.2. The van der Waals surface area contributed by atoms with E-state index in [9.17, 15) is 4.79 Å². The van der Waals surface area contributed by atoms with Gasteiger partial charge in [-0.1, -0.05) is 42.5 Å². The number of oxazole rings is 1. The zero-order valence-electron chi connectivity index (χ0n) is 16.2. The number of amides is 1. The highest BCUT2D eigenvalue weighted by molar-refractivity contribution is 5.78. The fourth-order valence-corrected chi connectivity index (χ4v) is 3.07. The molecule has 6 heteroatoms. The average Bonchev–Trinajstić information content (AvgIpc) is 3.38. The second kappa shape index (κ2) is 8.56. The van der Waals surface area contributed by atoms with Gasteiger partial charge < -0.3 is 14.3 Å². The van der Waals surface area contributed by atoms with Gasteiger partial charge in [0.15, 0.2) is 0 Å². The first-order valence-electron chi connectivity index (χ1n) is 9.49. The SMILES string of the molecule is Cc1oc(-c2ccccc2)nc1CC(=O)NCc1ccc(Cn2ccnc2)cc1. The molecular weight excluding hydrogens is 364 g/mol. The summed E-state index contributed by atoms with van der Waals surface area (Å²) < 4.78 is 7.74. The van der Waals surface area contributed by atoms with Crippen molar-refractivity contribution in [1.29, 1.82) is 0 Å². The van der Waals surface area contributed by atoms with Crippen molar-refractivity contribution >= 4 is 5.91 Å². The maximum atomic E-state index is 12.4. The van der Waals surface area contributed by atoms with E-state index in [0.717, 1.165) is 17.7 Å². The Morgan fingerprint density at radius 2 is 1.83 bits per heavy atom. The summed E-state index contributed by atoms with van der Waals surface area (Å²) in [6.07, 6.45) is 5.69. The Kier molecular flexibility index (Phi) is 5.52. The summed E-state index contributed by atoms with van der Waals surface area (Å²) >= 11 is 0. The Labute approximate surface area is 169 Å². The maximum absolute atomic E-state index is 12.4. The monoisotopic (exact) mass is 386 g/mol. The normalized spacial score (nSPS) is 10.8. The van der Waals surface area contributed by atoms with Crippen molar-refractivity contribution < 1.29 is 9.21 Å². The lowest BCUT2D eigenvalue weighted by Crippen LogP contribution is -2.25. The Morgan fingerprint density at radius 1 is 1.07 bits per heavy atom. The van der Waals surface area contributed by atoms with Gasteiger partial charge in [-0.25, -0.2) is 9.97 Å². The molecule has 0 atom stereocenters. The predicted octanol–water partition coefficient (Wildman–Crippen LogP) is 3.75. The van der Waals surface area contributed by atoms with Crippen LogP contribution >= 0.6 is 0 Å². The Morgan fingerprint density at radius 3 is 2.55 bits per heavy atom. The van der Waals surface area contributed by atoms with E-state index in [1.54, 1.807) is 12.5 Å². The van der Waals surface area contributed by atoms with Crippen molar-refractivity contribution in [2.75, 3.05) is 0 Å². The summed E-state index contributed by atoms with van der Waals surface area (Å²) in [6, 6.07) is 17.9. The van der Waals surface area contributed by atoms with Crippen LogP contribution in [-0.4, -0.2) is 20.4 Å². The molecule has 2 heterocycles. The van der Waals surface area contributed by atoms with Crippen LogP contribution in [0.4, 0.5) is 0 Å². The minimum atomic E-state index is -0.0801. The van der Waals surface area contributed by atoms with Crippen molar-refractivity contribution in [2.45, 2.75) is 26.4 Å². The number of rotatable bonds is 7. The molecule has 0 saturated heterocycles. The molecule has 0 spiro atoms. The summed E-state index contributed by atoms with van der Waals surface area (Å²) in [4.78, 5) is 20.9. The first kappa shape index (κ1) is 18.7. The van der Waals surface area contributed by atoms with Crippen LogP contribution in [0.3, 0.4) is 0 Å². The molecule has 4 aromatic rings. The minimum Gasteiger partial charge on any atom is -0.441 e. The summed E-state index contributed by atoms with van der Waals surface area (Å²) in [7, 11) is 0. The molecule has 4 rings (SSSR count). The number of nitrogens with one attached hydrogen (secondary N) is 1. The highest BCUT2D eigenvalue weighted by Gasteiger charge is 2.14. The molecule has 1 N–H and O–H groups in total. The van der Waals surface area contributed by atoms with Crippen molar-refractivity contribution in [3.8, 4) is 11.5 Å². The van der Waals surface area contributed by atoms with E-state index in [2.05, 4.69) is 27.4 Å². The lowest BCUT2D eigenvalue weighted by molar-refractivity contribution is -0.120. The molecule has 0 radical (unpaired) electrons. The van der Waals surface area contributed by atoms with Gasteiger partial charge in [-0.05, 0) is 30.2 Å². The molecule has 0 aliphatic rings. The van der Waals surface area contributed by atoms with E-state index < -0.39 is 0 Å². The van der Waals surface area contributed by atoms with Crippen molar-refractivity contribution in [1.82, 2.24) is 19.9 Å². The number of nitrogens with zero attached hydrogens (tertiary/aromatic N) is 3. The second-order valence-corrected chi connectivity index (χ2v) is 6.89. The topological polar surface area (TPSA) is 73.0 Å². The van der Waals surface area contributed by atoms with Gasteiger partial charge in [0.25, 0.3) is 0 Å². The van der Waals surface area contributed by atoms with E-state index in [-0.39, 0.29) is 12.3 Å². The van der Waals surface area contributed by atoms with Crippen LogP contribution in [0.15, 0.2) is 77.7 Å². The van der Waals surface area contributed by atoms with Gasteiger partial charge in [0, 0.05) is 31.0 Å². The molecule has 0 saturated carbocycles. The smallest absolute Gasteiger partial charge is 0.226 e. The molecule has 0 fully saturated rings. The van der Waals surface area contributed by atoms with Crippen LogP contribution in [0.2, 0.25) is 0 Å². The summed E-state index contributed by atoms with van der Waals surface area (Å²) in [5.74, 6) is 1.13. The van der Waals surface area contributed by atoms with Gasteiger partial charge in [-0.3, -0.25) is 4.79 Å². The molecule has 1 amide bonds. The third-order valence-corrected chi connectivity index (χ3v) is 4.68. The lowest BCUT2D eigenvalue weighted by Gasteiger charge is -2.07. The Bertz CT molecular complexity index is 1070. The van der Waals surface area contributed by atoms with Crippen molar-refractivity contribution in [3.63, 3.8) is 0 Å². The van der Waals surface area contributed by atoms with E-state index in [1.165, 1.54) is 5.56 Å². The summed E-state index contributed by atoms with van der Waals surface area (Å²) in [5.41, 5.74) is 3.80. The van der Waals surface area contributed by atoms with Gasteiger partial charge >= 0.3 is 0 Å². The van der Waals surface area contributed by atoms with Gasteiger partial charge in [-0.15, -0.1) is 0 Å². The quantitative estimate of drug-likeness (QED) is 0.525. The van der Waals surface area contributed by atoms with Crippen LogP contribution in [0.25, 0.3) is 11.5 Å². The average molecular weight is 386 g/mol. The van der Waals surface area contributed by atoms with Gasteiger partial charge in [0.2, 0.25) is 11.8 Å². The van der Waals surface area contributed by atoms with Gasteiger partial charge in [0.1, 0.15) is 5.76 Å². The number of benzene rings is 2. The zero-order chi connectivity index (χ0) is 20.1. The minimum absolute atomic E-state index is 0.0801. The number of imidazole rings is 1. The molecule has 0 aliphatic heterocycles. The molecule has 0 bridgehead atoms. The number of hydrogen-bond donors (Lipinski definition) is 1. The Hall–Kier alpha value is -3.67. The second-order valence-electron chi connectivity index (χ2n) is 6.89. The van der Waals surface area contributed by atoms with Crippen molar-refractivity contribution in [2.24, 2.45) is 0 Å². The lowest BCUT2D eigenvalue weighted by atomic mass is 10.1. The predicted molar refractivity (Wildman–Crippen MR) is 110 cm³/mol. The number of aromatic nitrogens is 3. The fourth-order valence-electron chi connectivity index (χ4n) is 3.07. The molecule has 6 nitrogen and oxygen atoms in total. The van der Waals surface area contributed by atoms with E-state index >= 15 is 0 Å². The molecule has 29 heavy (non-hydrogen) atoms. The summed E-state index contributed by atoms with van der Waals surface area (Å²) in [5, 5.41) is 2.95. The number of aryl methyl sites for hydroxylation is 1. The number of hydrogen-bond acceptors (Lipinski definition) is 4. The zero-order valence-corrected chi connectivity index (χ0v) is 16.2. The largest absolute Gasteiger partial charge is 0.441 e. The van der Waals surface area contributed by atoms with E-state index in [0.29, 0.717) is 23.9 Å². The molecule has 2 aromatic carbocycles. The van der Waals surface area contributed by atoms with Crippen LogP contribution in [0.5, 0.6) is 0 Å². The number of carbonyl (C=O) groups excluding carboxylic acids is 1. The standard InChI is InChI=1S/C23H22N4O2/c1-17-21(26-23(29-17)20-5-3-2-4-6-20)13-22(28)25-14-18-7-9-19(10-8-18)15-27-12-11-24-16-27/h2-12,16H,13-15H2,1H3,(H,25,28). The molecule has 0 unspecified atom stereocenters. The third-order valence-electron chi connectivity index (χ3n) is 4.68. The molecule has 2 aromatic heterocycles. The van der Waals surface area contributed by atoms with E-state index in [4.69, 9.17) is 4.42 Å². The highest BCUT2D eigenvalue weighted by Crippen LogP contribution is 2.21. The molecule has 146 valence electrons. The molecule has 0 aliphatic carbocycles. The first-order valence-corrected chi connectivity index (χ1v) is 9.49. The highest BCUT2D eigenvalue weighted by atomic mass is 16.4. The van der Waals surface area contributed by atoms with E-state index in [1.807, 2.05) is 60.2 Å². The van der Waals surface area contributed by atoms with Crippen molar-refractivity contribution in [3.05, 3.63) is 95.9 Å². The number of carbonyl (C=O) groups is 1. The van der Waals surface area contributed by atoms with Gasteiger partial charge in [0.05, 0.1) is 18.4 Å². The van der Waals surface area contributed by atoms with Crippen LogP contribution in [0.1, 0.15) is 22.6 Å². The van der Waals surface area contributed by atoms with Crippen LogP contribution in [0, 0.1) is 6.92 Å². The Balaban J connectivity index is 1.32. The third kappa shape index (κ3) is 4.79.